The summed E-state index contributed by atoms with van der Waals surface area (Å²) in [5.41, 5.74) is 0.622. The zero-order valence-electron chi connectivity index (χ0n) is 10.9. The Morgan fingerprint density at radius 2 is 2.37 bits per heavy atom. The Morgan fingerprint density at radius 1 is 1.58 bits per heavy atom. The molecule has 1 aliphatic heterocycles. The zero-order chi connectivity index (χ0) is 13.8. The number of aromatic carboxylic acids is 1. The highest BCUT2D eigenvalue weighted by atomic mass is 32.2. The molecule has 104 valence electrons. The second-order valence-corrected chi connectivity index (χ2v) is 6.16. The third kappa shape index (κ3) is 3.70. The van der Waals surface area contributed by atoms with Gasteiger partial charge in [-0.3, -0.25) is 4.90 Å². The van der Waals surface area contributed by atoms with E-state index < -0.39 is 5.97 Å². The summed E-state index contributed by atoms with van der Waals surface area (Å²) in [6.45, 7) is 4.52. The fourth-order valence-electron chi connectivity index (χ4n) is 2.24. The summed E-state index contributed by atoms with van der Waals surface area (Å²) in [5, 5.41) is 9.54. The normalized spacial score (nSPS) is 20.4. The zero-order valence-corrected chi connectivity index (χ0v) is 11.8. The summed E-state index contributed by atoms with van der Waals surface area (Å²) in [6.07, 6.45) is 1.11. The highest BCUT2D eigenvalue weighted by Crippen LogP contribution is 2.23. The average molecular weight is 283 g/mol. The number of nitrogens with zero attached hydrogens (tertiary/aromatic N) is 1. The quantitative estimate of drug-likeness (QED) is 0.922. The Hall–Kier alpha value is -1.07. The topological polar surface area (TPSA) is 40.5 Å². The number of hydrogen-bond donors (Lipinski definition) is 1. The van der Waals surface area contributed by atoms with E-state index in [1.54, 1.807) is 0 Å². The van der Waals surface area contributed by atoms with Gasteiger partial charge in [-0.05, 0) is 24.6 Å². The first-order valence-electron chi connectivity index (χ1n) is 6.45. The summed E-state index contributed by atoms with van der Waals surface area (Å²) in [5.74, 6) is -0.281. The lowest BCUT2D eigenvalue weighted by Gasteiger charge is -2.31. The number of hydrogen-bond acceptors (Lipinski definition) is 3. The molecule has 2 rings (SSSR count). The van der Waals surface area contributed by atoms with Crippen LogP contribution in [0.4, 0.5) is 4.39 Å². The van der Waals surface area contributed by atoms with E-state index in [-0.39, 0.29) is 11.4 Å². The fourth-order valence-corrected chi connectivity index (χ4v) is 3.49. The van der Waals surface area contributed by atoms with Gasteiger partial charge in [0.25, 0.3) is 0 Å². The van der Waals surface area contributed by atoms with Crippen LogP contribution in [0.3, 0.4) is 0 Å². The standard InChI is InChI=1S/C14H18FNO2S/c1-2-12-9-16(5-6-19-12)8-11-7-10(14(17)18)3-4-13(11)15/h3-4,7,12H,2,5-6,8-9H2,1H3,(H,17,18). The molecule has 1 unspecified atom stereocenters. The molecule has 1 aromatic rings. The van der Waals surface area contributed by atoms with Crippen LogP contribution in [0.15, 0.2) is 18.2 Å². The van der Waals surface area contributed by atoms with Crippen molar-refractivity contribution < 1.29 is 14.3 Å². The molecule has 1 aromatic carbocycles. The molecule has 0 radical (unpaired) electrons. The van der Waals surface area contributed by atoms with Crippen LogP contribution in [-0.2, 0) is 6.54 Å². The maximum Gasteiger partial charge on any atom is 0.335 e. The van der Waals surface area contributed by atoms with E-state index >= 15 is 0 Å². The number of thioether (sulfide) groups is 1. The number of carboxylic acid groups (broad SMARTS) is 1. The van der Waals surface area contributed by atoms with E-state index in [1.165, 1.54) is 18.2 Å². The van der Waals surface area contributed by atoms with Gasteiger partial charge in [-0.1, -0.05) is 6.92 Å². The van der Waals surface area contributed by atoms with Crippen LogP contribution in [0.2, 0.25) is 0 Å². The summed E-state index contributed by atoms with van der Waals surface area (Å²) in [7, 11) is 0. The van der Waals surface area contributed by atoms with Crippen LogP contribution < -0.4 is 0 Å². The largest absolute Gasteiger partial charge is 0.478 e. The molecule has 0 bridgehead atoms. The third-order valence-electron chi connectivity index (χ3n) is 3.36. The third-order valence-corrected chi connectivity index (χ3v) is 4.74. The smallest absolute Gasteiger partial charge is 0.335 e. The summed E-state index contributed by atoms with van der Waals surface area (Å²) in [6, 6.07) is 4.00. The van der Waals surface area contributed by atoms with Gasteiger partial charge in [-0.2, -0.15) is 11.8 Å². The van der Waals surface area contributed by atoms with Crippen molar-refractivity contribution in [2.24, 2.45) is 0 Å². The molecule has 0 saturated carbocycles. The van der Waals surface area contributed by atoms with Crippen LogP contribution in [0.5, 0.6) is 0 Å². The van der Waals surface area contributed by atoms with Gasteiger partial charge in [0.05, 0.1) is 5.56 Å². The highest BCUT2D eigenvalue weighted by molar-refractivity contribution is 8.00. The van der Waals surface area contributed by atoms with Crippen molar-refractivity contribution in [3.05, 3.63) is 35.1 Å². The van der Waals surface area contributed by atoms with E-state index in [1.807, 2.05) is 11.8 Å². The van der Waals surface area contributed by atoms with Gasteiger partial charge in [0, 0.05) is 36.2 Å². The van der Waals surface area contributed by atoms with Gasteiger partial charge < -0.3 is 5.11 Å². The number of carboxylic acids is 1. The molecule has 1 N–H and O–H groups in total. The van der Waals surface area contributed by atoms with Gasteiger partial charge in [-0.25, -0.2) is 9.18 Å². The minimum Gasteiger partial charge on any atom is -0.478 e. The van der Waals surface area contributed by atoms with Crippen molar-refractivity contribution >= 4 is 17.7 Å². The number of rotatable bonds is 4. The summed E-state index contributed by atoms with van der Waals surface area (Å²) < 4.78 is 13.7. The Labute approximate surface area is 116 Å². The Bertz CT molecular complexity index is 467. The molecule has 1 saturated heterocycles. The minimum absolute atomic E-state index is 0.148. The molecule has 1 aliphatic rings. The van der Waals surface area contributed by atoms with Crippen molar-refractivity contribution in [2.45, 2.75) is 25.1 Å². The fraction of sp³-hybridized carbons (Fsp3) is 0.500. The second kappa shape index (κ2) is 6.39. The first-order valence-corrected chi connectivity index (χ1v) is 7.50. The molecule has 5 heteroatoms. The van der Waals surface area contributed by atoms with Crippen molar-refractivity contribution in [1.29, 1.82) is 0 Å². The number of benzene rings is 1. The van der Waals surface area contributed by atoms with Gasteiger partial charge in [0.2, 0.25) is 0 Å². The molecule has 0 aromatic heterocycles. The van der Waals surface area contributed by atoms with E-state index in [0.717, 1.165) is 25.3 Å². The number of halogens is 1. The monoisotopic (exact) mass is 283 g/mol. The Morgan fingerprint density at radius 3 is 3.05 bits per heavy atom. The average Bonchev–Trinajstić information content (AvgIpc) is 2.41. The van der Waals surface area contributed by atoms with Crippen LogP contribution in [0.25, 0.3) is 0 Å². The molecular weight excluding hydrogens is 265 g/mol. The van der Waals surface area contributed by atoms with E-state index in [0.29, 0.717) is 17.4 Å². The first kappa shape index (κ1) is 14.3. The molecule has 1 heterocycles. The van der Waals surface area contributed by atoms with Crippen molar-refractivity contribution in [3.8, 4) is 0 Å². The Kier molecular flexibility index (Phi) is 4.82. The molecule has 1 atom stereocenters. The van der Waals surface area contributed by atoms with Crippen molar-refractivity contribution in [2.75, 3.05) is 18.8 Å². The molecule has 19 heavy (non-hydrogen) atoms. The predicted molar refractivity (Wildman–Crippen MR) is 75.2 cm³/mol. The van der Waals surface area contributed by atoms with Gasteiger partial charge in [-0.15, -0.1) is 0 Å². The number of carbonyl (C=O) groups is 1. The van der Waals surface area contributed by atoms with E-state index in [4.69, 9.17) is 5.11 Å². The van der Waals surface area contributed by atoms with Crippen LogP contribution >= 0.6 is 11.8 Å². The van der Waals surface area contributed by atoms with Gasteiger partial charge >= 0.3 is 5.97 Å². The lowest BCUT2D eigenvalue weighted by atomic mass is 10.1. The van der Waals surface area contributed by atoms with Crippen LogP contribution in [0.1, 0.15) is 29.3 Å². The van der Waals surface area contributed by atoms with E-state index in [2.05, 4.69) is 11.8 Å². The predicted octanol–water partition coefficient (Wildman–Crippen LogP) is 2.85. The van der Waals surface area contributed by atoms with Gasteiger partial charge in [0.15, 0.2) is 0 Å². The molecule has 0 aliphatic carbocycles. The maximum absolute atomic E-state index is 13.7. The van der Waals surface area contributed by atoms with Crippen LogP contribution in [0, 0.1) is 5.82 Å². The molecule has 1 fully saturated rings. The van der Waals surface area contributed by atoms with Gasteiger partial charge in [0.1, 0.15) is 5.82 Å². The molecule has 3 nitrogen and oxygen atoms in total. The summed E-state index contributed by atoms with van der Waals surface area (Å²) >= 11 is 1.96. The molecule has 0 amide bonds. The van der Waals surface area contributed by atoms with Crippen molar-refractivity contribution in [3.63, 3.8) is 0 Å². The SMILES string of the molecule is CCC1CN(Cc2cc(C(=O)O)ccc2F)CCS1. The highest BCUT2D eigenvalue weighted by Gasteiger charge is 2.20. The summed E-state index contributed by atoms with van der Waals surface area (Å²) in [4.78, 5) is 13.1. The second-order valence-electron chi connectivity index (χ2n) is 4.75. The molecule has 0 spiro atoms. The Balaban J connectivity index is 2.09. The maximum atomic E-state index is 13.7. The lowest BCUT2D eigenvalue weighted by Crippen LogP contribution is -2.37. The van der Waals surface area contributed by atoms with Crippen molar-refractivity contribution in [1.82, 2.24) is 4.90 Å². The first-order chi connectivity index (χ1) is 9.10. The minimum atomic E-state index is -1.01. The lowest BCUT2D eigenvalue weighted by molar-refractivity contribution is 0.0696. The van der Waals surface area contributed by atoms with Crippen LogP contribution in [-0.4, -0.2) is 40.1 Å². The van der Waals surface area contributed by atoms with E-state index in [9.17, 15) is 9.18 Å². The molecular formula is C14H18FNO2S.